The van der Waals surface area contributed by atoms with Crippen molar-refractivity contribution < 1.29 is 4.79 Å². The topological polar surface area (TPSA) is 42.0 Å². The van der Waals surface area contributed by atoms with Crippen LogP contribution in [0.3, 0.4) is 0 Å². The Morgan fingerprint density at radius 1 is 1.00 bits per heavy atom. The van der Waals surface area contributed by atoms with Gasteiger partial charge in [-0.2, -0.15) is 0 Å². The number of unbranched alkanes of at least 4 members (excludes halogenated alkanes) is 1. The lowest BCUT2D eigenvalue weighted by molar-refractivity contribution is -0.116. The van der Waals surface area contributed by atoms with Gasteiger partial charge in [-0.15, -0.1) is 0 Å². The Labute approximate surface area is 185 Å². The van der Waals surface area contributed by atoms with Gasteiger partial charge in [0.25, 0.3) is 0 Å². The third kappa shape index (κ3) is 5.11. The van der Waals surface area contributed by atoms with Crippen molar-refractivity contribution in [2.45, 2.75) is 38.0 Å². The molecule has 3 aromatic rings. The van der Waals surface area contributed by atoms with Crippen LogP contribution in [0.2, 0.25) is 0 Å². The predicted molar refractivity (Wildman–Crippen MR) is 126 cm³/mol. The van der Waals surface area contributed by atoms with Gasteiger partial charge < -0.3 is 5.32 Å². The fraction of sp³-hybridized carbons (Fsp3) is 0.286. The van der Waals surface area contributed by atoms with E-state index in [0.717, 1.165) is 31.4 Å². The molecule has 1 aliphatic rings. The Kier molecular flexibility index (Phi) is 6.61. The van der Waals surface area contributed by atoms with Crippen molar-refractivity contribution in [1.82, 2.24) is 10.3 Å². The van der Waals surface area contributed by atoms with Crippen LogP contribution in [0.1, 0.15) is 41.6 Å². The Morgan fingerprint density at radius 3 is 2.29 bits per heavy atom. The lowest BCUT2D eigenvalue weighted by atomic mass is 9.85. The molecule has 1 atom stereocenters. The van der Waals surface area contributed by atoms with Crippen LogP contribution in [0.5, 0.6) is 0 Å². The zero-order valence-corrected chi connectivity index (χ0v) is 18.1. The summed E-state index contributed by atoms with van der Waals surface area (Å²) in [5.74, 6) is 0.344. The van der Waals surface area contributed by atoms with Crippen molar-refractivity contribution in [2.24, 2.45) is 5.92 Å². The minimum atomic E-state index is -0.0125. The quantitative estimate of drug-likeness (QED) is 0.379. The Morgan fingerprint density at radius 2 is 1.68 bits per heavy atom. The van der Waals surface area contributed by atoms with Crippen LogP contribution in [0, 0.1) is 12.8 Å². The number of amides is 1. The average Bonchev–Trinajstić information content (AvgIpc) is 3.55. The number of aromatic nitrogens is 1. The fourth-order valence-corrected chi connectivity index (χ4v) is 4.40. The molecule has 2 aromatic carbocycles. The van der Waals surface area contributed by atoms with Gasteiger partial charge in [-0.05, 0) is 67.4 Å². The van der Waals surface area contributed by atoms with Gasteiger partial charge in [0.2, 0.25) is 5.91 Å². The summed E-state index contributed by atoms with van der Waals surface area (Å²) in [7, 11) is 0. The van der Waals surface area contributed by atoms with E-state index in [4.69, 9.17) is 0 Å². The molecular weight excluding hydrogens is 380 g/mol. The van der Waals surface area contributed by atoms with Crippen LogP contribution in [0.25, 0.3) is 0 Å². The number of benzene rings is 2. The average molecular weight is 411 g/mol. The first-order chi connectivity index (χ1) is 15.2. The number of rotatable bonds is 9. The summed E-state index contributed by atoms with van der Waals surface area (Å²) in [5.41, 5.74) is 4.93. The molecule has 4 rings (SSSR count). The molecule has 3 nitrogen and oxygen atoms in total. The first-order valence-corrected chi connectivity index (χ1v) is 11.2. The summed E-state index contributed by atoms with van der Waals surface area (Å²) in [5, 5.41) is 3.03. The molecule has 1 N–H and O–H groups in total. The number of pyridine rings is 1. The maximum Gasteiger partial charge on any atom is 0.243 e. The second kappa shape index (κ2) is 9.74. The number of nitrogens with one attached hydrogen (secondary N) is 1. The Hall–Kier alpha value is -3.20. The minimum Gasteiger partial charge on any atom is -0.353 e. The van der Waals surface area contributed by atoms with Crippen LogP contribution >= 0.6 is 0 Å². The van der Waals surface area contributed by atoms with Crippen LogP contribution < -0.4 is 5.32 Å². The molecule has 0 saturated heterocycles. The van der Waals surface area contributed by atoms with Gasteiger partial charge in [0, 0.05) is 23.9 Å². The van der Waals surface area contributed by atoms with Gasteiger partial charge in [0.05, 0.1) is 0 Å². The molecule has 3 heteroatoms. The van der Waals surface area contributed by atoms with Crippen molar-refractivity contribution in [2.75, 3.05) is 6.54 Å². The number of allylic oxidation sites excluding steroid dienone is 1. The molecule has 1 amide bonds. The van der Waals surface area contributed by atoms with Gasteiger partial charge in [0.1, 0.15) is 0 Å². The molecule has 1 fully saturated rings. The summed E-state index contributed by atoms with van der Waals surface area (Å²) >= 11 is 0. The largest absolute Gasteiger partial charge is 0.353 e. The zero-order valence-electron chi connectivity index (χ0n) is 18.1. The third-order valence-electron chi connectivity index (χ3n) is 6.24. The second-order valence-electron chi connectivity index (χ2n) is 8.43. The molecule has 0 bridgehead atoms. The van der Waals surface area contributed by atoms with Gasteiger partial charge in [-0.3, -0.25) is 9.78 Å². The number of carbonyl (C=O) groups is 1. The maximum atomic E-state index is 12.3. The van der Waals surface area contributed by atoms with Crippen LogP contribution in [0.15, 0.2) is 91.1 Å². The number of nitrogens with zero attached hydrogens (tertiary/aromatic N) is 1. The summed E-state index contributed by atoms with van der Waals surface area (Å²) in [6, 6.07) is 25.5. The van der Waals surface area contributed by atoms with E-state index >= 15 is 0 Å². The van der Waals surface area contributed by atoms with E-state index in [-0.39, 0.29) is 11.3 Å². The normalized spacial score (nSPS) is 16.9. The third-order valence-corrected chi connectivity index (χ3v) is 6.24. The van der Waals surface area contributed by atoms with E-state index in [9.17, 15) is 4.79 Å². The number of hydrogen-bond acceptors (Lipinski definition) is 2. The molecule has 0 spiro atoms. The summed E-state index contributed by atoms with van der Waals surface area (Å²) < 4.78 is 0. The highest BCUT2D eigenvalue weighted by atomic mass is 16.1. The van der Waals surface area contributed by atoms with E-state index in [1.165, 1.54) is 16.7 Å². The van der Waals surface area contributed by atoms with E-state index in [1.807, 2.05) is 19.2 Å². The summed E-state index contributed by atoms with van der Waals surface area (Å²) in [6.07, 6.45) is 9.80. The SMILES string of the molecule is Cc1ccc(CCCCNC(=O)C=C[C@@H]2CC2(c2ccccc2)c2ccccc2)cn1. The molecule has 1 aliphatic carbocycles. The molecule has 0 radical (unpaired) electrons. The minimum absolute atomic E-state index is 0.000995. The molecule has 31 heavy (non-hydrogen) atoms. The molecule has 1 aromatic heterocycles. The molecule has 0 unspecified atom stereocenters. The lowest BCUT2D eigenvalue weighted by Crippen LogP contribution is -2.22. The molecule has 158 valence electrons. The Balaban J connectivity index is 1.28. The number of carbonyl (C=O) groups excluding carboxylic acids is 1. The lowest BCUT2D eigenvalue weighted by Gasteiger charge is -2.18. The monoisotopic (exact) mass is 410 g/mol. The van der Waals surface area contributed by atoms with E-state index in [1.54, 1.807) is 6.08 Å². The zero-order chi connectivity index (χ0) is 21.5. The maximum absolute atomic E-state index is 12.3. The number of aryl methyl sites for hydroxylation is 2. The van der Waals surface area contributed by atoms with Crippen molar-refractivity contribution in [1.29, 1.82) is 0 Å². The summed E-state index contributed by atoms with van der Waals surface area (Å²) in [4.78, 5) is 16.7. The highest BCUT2D eigenvalue weighted by molar-refractivity contribution is 5.87. The first-order valence-electron chi connectivity index (χ1n) is 11.2. The number of hydrogen-bond donors (Lipinski definition) is 1. The van der Waals surface area contributed by atoms with Crippen molar-refractivity contribution in [3.8, 4) is 0 Å². The van der Waals surface area contributed by atoms with Crippen molar-refractivity contribution in [3.05, 3.63) is 114 Å². The van der Waals surface area contributed by atoms with Gasteiger partial charge >= 0.3 is 0 Å². The molecule has 1 heterocycles. The molecular formula is C28H30N2O. The van der Waals surface area contributed by atoms with E-state index in [0.29, 0.717) is 12.5 Å². The van der Waals surface area contributed by atoms with Gasteiger partial charge in [-0.25, -0.2) is 0 Å². The van der Waals surface area contributed by atoms with Crippen molar-refractivity contribution >= 4 is 5.91 Å². The fourth-order valence-electron chi connectivity index (χ4n) is 4.40. The van der Waals surface area contributed by atoms with E-state index in [2.05, 4.69) is 83.1 Å². The van der Waals surface area contributed by atoms with Gasteiger partial charge in [0.15, 0.2) is 0 Å². The Bertz CT molecular complexity index is 970. The second-order valence-corrected chi connectivity index (χ2v) is 8.43. The molecule has 0 aliphatic heterocycles. The highest BCUT2D eigenvalue weighted by Crippen LogP contribution is 2.59. The molecule has 1 saturated carbocycles. The standard InChI is InChI=1S/C28H30N2O/c1-22-15-16-23(21-30-22)10-8-9-19-29-27(31)18-17-26-20-28(26,24-11-4-2-5-12-24)25-13-6-3-7-14-25/h2-7,11-18,21,26H,8-10,19-20H2,1H3,(H,29,31)/t26-/m1/s1. The highest BCUT2D eigenvalue weighted by Gasteiger charge is 2.54. The van der Waals surface area contributed by atoms with Crippen LogP contribution in [0.4, 0.5) is 0 Å². The van der Waals surface area contributed by atoms with Gasteiger partial charge in [-0.1, -0.05) is 72.8 Å². The smallest absolute Gasteiger partial charge is 0.243 e. The predicted octanol–water partition coefficient (Wildman–Crippen LogP) is 5.39. The first kappa shape index (κ1) is 21.0. The van der Waals surface area contributed by atoms with Crippen LogP contribution in [-0.4, -0.2) is 17.4 Å². The van der Waals surface area contributed by atoms with Crippen molar-refractivity contribution in [3.63, 3.8) is 0 Å². The van der Waals surface area contributed by atoms with Crippen LogP contribution in [-0.2, 0) is 16.6 Å². The summed E-state index contributed by atoms with van der Waals surface area (Å²) in [6.45, 7) is 2.70. The van der Waals surface area contributed by atoms with E-state index < -0.39 is 0 Å².